The molecular weight excluding hydrogens is 398 g/mol. The number of nitrogens with zero attached hydrogens (tertiary/aromatic N) is 1. The van der Waals surface area contributed by atoms with E-state index in [2.05, 4.69) is 0 Å². The van der Waals surface area contributed by atoms with Crippen molar-refractivity contribution in [3.05, 3.63) is 29.8 Å². The Morgan fingerprint density at radius 1 is 1.21 bits per heavy atom. The fourth-order valence-electron chi connectivity index (χ4n) is 4.07. The van der Waals surface area contributed by atoms with Crippen LogP contribution in [0.25, 0.3) is 0 Å². The highest BCUT2D eigenvalue weighted by Crippen LogP contribution is 2.34. The van der Waals surface area contributed by atoms with Crippen molar-refractivity contribution in [3.63, 3.8) is 0 Å². The van der Waals surface area contributed by atoms with Crippen LogP contribution in [0.4, 0.5) is 0 Å². The number of aryl methyl sites for hydroxylation is 1. The Hall–Kier alpha value is -1.97. The molecule has 1 aromatic rings. The first-order valence-corrected chi connectivity index (χ1v) is 11.3. The highest BCUT2D eigenvalue weighted by atomic mass is 32.2. The maximum Gasteiger partial charge on any atom is 0.313 e. The minimum atomic E-state index is -3.87. The highest BCUT2D eigenvalue weighted by Gasteiger charge is 2.48. The zero-order valence-electron chi connectivity index (χ0n) is 16.6. The number of esters is 2. The molecule has 0 aliphatic carbocycles. The molecule has 0 aromatic heterocycles. The lowest BCUT2D eigenvalue weighted by atomic mass is 9.85. The van der Waals surface area contributed by atoms with Crippen LogP contribution in [0.3, 0.4) is 0 Å². The monoisotopic (exact) mass is 425 g/mol. The van der Waals surface area contributed by atoms with Gasteiger partial charge in [0.1, 0.15) is 18.1 Å². The number of carbonyl (C=O) groups is 2. The van der Waals surface area contributed by atoms with E-state index in [4.69, 9.17) is 9.47 Å². The van der Waals surface area contributed by atoms with Gasteiger partial charge in [-0.05, 0) is 31.9 Å². The molecular formula is C20H27NO7S. The van der Waals surface area contributed by atoms with E-state index in [1.54, 1.807) is 24.3 Å². The van der Waals surface area contributed by atoms with E-state index in [0.717, 1.165) is 12.0 Å². The summed E-state index contributed by atoms with van der Waals surface area (Å²) in [5.41, 5.74) is 0.936. The molecule has 160 valence electrons. The van der Waals surface area contributed by atoms with Gasteiger partial charge in [0.15, 0.2) is 0 Å². The molecule has 0 saturated carbocycles. The van der Waals surface area contributed by atoms with Gasteiger partial charge >= 0.3 is 11.9 Å². The number of hydrogen-bond acceptors (Lipinski definition) is 7. The van der Waals surface area contributed by atoms with Crippen molar-refractivity contribution in [1.82, 2.24) is 4.31 Å². The van der Waals surface area contributed by atoms with E-state index in [1.807, 2.05) is 6.92 Å². The van der Waals surface area contributed by atoms with Gasteiger partial charge in [-0.15, -0.1) is 0 Å². The second-order valence-corrected chi connectivity index (χ2v) is 9.50. The molecule has 2 aliphatic rings. The molecule has 29 heavy (non-hydrogen) atoms. The number of sulfonamides is 1. The van der Waals surface area contributed by atoms with Crippen molar-refractivity contribution in [1.29, 1.82) is 0 Å². The predicted molar refractivity (Wildman–Crippen MR) is 103 cm³/mol. The number of carbonyl (C=O) groups excluding carboxylic acids is 2. The average molecular weight is 426 g/mol. The molecule has 0 spiro atoms. The van der Waals surface area contributed by atoms with E-state index in [1.165, 1.54) is 11.2 Å². The van der Waals surface area contributed by atoms with Crippen LogP contribution in [0, 0.1) is 12.8 Å². The fraction of sp³-hybridized carbons (Fsp3) is 0.600. The summed E-state index contributed by atoms with van der Waals surface area (Å²) in [6, 6.07) is 5.75. The molecule has 1 aromatic carbocycles. The minimum Gasteiger partial charge on any atom is -0.465 e. The van der Waals surface area contributed by atoms with Crippen LogP contribution in [0.15, 0.2) is 29.2 Å². The maximum atomic E-state index is 13.3. The molecule has 0 bridgehead atoms. The number of hydrogen-bond donors (Lipinski definition) is 1. The minimum absolute atomic E-state index is 0.00176. The van der Waals surface area contributed by atoms with Crippen LogP contribution >= 0.6 is 0 Å². The fourth-order valence-corrected chi connectivity index (χ4v) is 5.79. The van der Waals surface area contributed by atoms with Gasteiger partial charge in [0.25, 0.3) is 0 Å². The molecule has 2 aliphatic heterocycles. The number of piperidine rings is 1. The topological polar surface area (TPSA) is 110 Å². The third-order valence-electron chi connectivity index (χ3n) is 5.53. The van der Waals surface area contributed by atoms with Crippen molar-refractivity contribution in [3.8, 4) is 0 Å². The molecule has 3 rings (SSSR count). The maximum absolute atomic E-state index is 13.3. The zero-order valence-corrected chi connectivity index (χ0v) is 17.4. The number of aliphatic hydroxyl groups excluding tert-OH is 1. The molecule has 2 fully saturated rings. The van der Waals surface area contributed by atoms with Crippen LogP contribution in [-0.4, -0.2) is 61.2 Å². The molecule has 4 atom stereocenters. The predicted octanol–water partition coefficient (Wildman–Crippen LogP) is 1.39. The molecule has 8 nitrogen and oxygen atoms in total. The van der Waals surface area contributed by atoms with E-state index in [9.17, 15) is 23.1 Å². The first-order valence-electron chi connectivity index (χ1n) is 9.82. The molecule has 1 N–H and O–H groups in total. The summed E-state index contributed by atoms with van der Waals surface area (Å²) >= 11 is 0. The number of cyclic esters (lactones) is 1. The summed E-state index contributed by atoms with van der Waals surface area (Å²) in [6.45, 7) is 3.34. The van der Waals surface area contributed by atoms with Crippen LogP contribution in [0.2, 0.25) is 0 Å². The number of ether oxygens (including phenoxy) is 2. The third-order valence-corrected chi connectivity index (χ3v) is 7.46. The zero-order chi connectivity index (χ0) is 21.2. The Labute approximate surface area is 170 Å². The average Bonchev–Trinajstić information content (AvgIpc) is 2.80. The Balaban J connectivity index is 1.95. The normalized spacial score (nSPS) is 29.0. The van der Waals surface area contributed by atoms with Gasteiger partial charge in [-0.2, -0.15) is 4.31 Å². The summed E-state index contributed by atoms with van der Waals surface area (Å²) < 4.78 is 38.3. The second-order valence-electron chi connectivity index (χ2n) is 7.61. The summed E-state index contributed by atoms with van der Waals surface area (Å²) in [4.78, 5) is 24.2. The standard InChI is InChI=1S/C20H27NO7S/c1-13-6-8-15(9-7-13)29(25,26)21-11-4-3-5-16(21)18-19(23)17(28-14(2)22)10-12-27-20(18)24/h6-9,16-19,23H,3-5,10-12H2,1-2H3/t16-,17+,18-,19-/m1/s1. The second kappa shape index (κ2) is 8.81. The van der Waals surface area contributed by atoms with Gasteiger partial charge in [-0.1, -0.05) is 24.1 Å². The van der Waals surface area contributed by atoms with Crippen molar-refractivity contribution < 1.29 is 32.6 Å². The molecule has 0 unspecified atom stereocenters. The quantitative estimate of drug-likeness (QED) is 0.726. The third kappa shape index (κ3) is 4.62. The van der Waals surface area contributed by atoms with Crippen molar-refractivity contribution in [2.75, 3.05) is 13.2 Å². The van der Waals surface area contributed by atoms with E-state index >= 15 is 0 Å². The molecule has 2 heterocycles. The van der Waals surface area contributed by atoms with Gasteiger partial charge in [0.2, 0.25) is 10.0 Å². The Bertz CT molecular complexity index is 852. The highest BCUT2D eigenvalue weighted by molar-refractivity contribution is 7.89. The van der Waals surface area contributed by atoms with Gasteiger partial charge in [-0.25, -0.2) is 8.42 Å². The van der Waals surface area contributed by atoms with E-state index in [0.29, 0.717) is 12.8 Å². The van der Waals surface area contributed by atoms with Crippen LogP contribution in [0.1, 0.15) is 38.2 Å². The number of benzene rings is 1. The van der Waals surface area contributed by atoms with Crippen molar-refractivity contribution in [2.24, 2.45) is 5.92 Å². The van der Waals surface area contributed by atoms with Gasteiger partial charge in [0, 0.05) is 25.9 Å². The SMILES string of the molecule is CC(=O)O[C@H]1CCOC(=O)[C@H]([C@H]2CCCCN2S(=O)(=O)c2ccc(C)cc2)[C@@H]1O. The number of aliphatic hydroxyl groups is 1. The van der Waals surface area contributed by atoms with Crippen molar-refractivity contribution >= 4 is 22.0 Å². The Morgan fingerprint density at radius 3 is 2.55 bits per heavy atom. The summed E-state index contributed by atoms with van der Waals surface area (Å²) in [7, 11) is -3.87. The first-order chi connectivity index (χ1) is 13.7. The van der Waals surface area contributed by atoms with Crippen molar-refractivity contribution in [2.45, 2.75) is 62.7 Å². The molecule has 0 radical (unpaired) electrons. The first kappa shape index (κ1) is 21.7. The Kier molecular flexibility index (Phi) is 6.60. The van der Waals surface area contributed by atoms with E-state index in [-0.39, 0.29) is 24.5 Å². The summed E-state index contributed by atoms with van der Waals surface area (Å²) in [5.74, 6) is -2.36. The molecule has 9 heteroatoms. The van der Waals surface area contributed by atoms with Crippen LogP contribution in [0.5, 0.6) is 0 Å². The molecule has 2 saturated heterocycles. The Morgan fingerprint density at radius 2 is 1.90 bits per heavy atom. The summed E-state index contributed by atoms with van der Waals surface area (Å²) in [5, 5.41) is 10.9. The van der Waals surface area contributed by atoms with Gasteiger partial charge in [-0.3, -0.25) is 9.59 Å². The van der Waals surface area contributed by atoms with E-state index < -0.39 is 46.1 Å². The summed E-state index contributed by atoms with van der Waals surface area (Å²) in [6.07, 6.45) is -0.302. The van der Waals surface area contributed by atoms with Gasteiger partial charge in [0.05, 0.1) is 11.5 Å². The lowest BCUT2D eigenvalue weighted by Gasteiger charge is -2.40. The molecule has 0 amide bonds. The number of rotatable bonds is 4. The smallest absolute Gasteiger partial charge is 0.313 e. The lowest BCUT2D eigenvalue weighted by molar-refractivity contribution is -0.161. The van der Waals surface area contributed by atoms with Crippen LogP contribution < -0.4 is 0 Å². The van der Waals surface area contributed by atoms with Crippen LogP contribution in [-0.2, 0) is 29.1 Å². The lowest BCUT2D eigenvalue weighted by Crippen LogP contribution is -2.54. The largest absolute Gasteiger partial charge is 0.465 e. The van der Waals surface area contributed by atoms with Gasteiger partial charge < -0.3 is 14.6 Å².